The molecule has 3 rings (SSSR count). The monoisotopic (exact) mass is 300 g/mol. The number of esters is 1. The molecule has 1 N–H and O–H groups in total. The Hall–Kier alpha value is -3.02. The number of fused-ring (bicyclic) bond motifs is 1. The Labute approximate surface area is 125 Å². The molecule has 0 fully saturated rings. The summed E-state index contributed by atoms with van der Waals surface area (Å²) in [6, 6.07) is 10.4. The van der Waals surface area contributed by atoms with Gasteiger partial charge in [-0.2, -0.15) is 0 Å². The maximum absolute atomic E-state index is 12.0. The lowest BCUT2D eigenvalue weighted by Gasteiger charge is -2.05. The van der Waals surface area contributed by atoms with Crippen LogP contribution in [-0.2, 0) is 4.74 Å². The maximum Gasteiger partial charge on any atom is 0.338 e. The number of Topliss-reactive ketones (excluding diaryl/α,β-unsaturated/α-hetero) is 1. The molecule has 22 heavy (non-hydrogen) atoms. The van der Waals surface area contributed by atoms with Crippen LogP contribution in [0.5, 0.6) is 17.2 Å². The van der Waals surface area contributed by atoms with Gasteiger partial charge in [0.15, 0.2) is 23.9 Å². The first-order valence-electron chi connectivity index (χ1n) is 6.52. The van der Waals surface area contributed by atoms with Gasteiger partial charge in [-0.05, 0) is 42.5 Å². The van der Waals surface area contributed by atoms with E-state index in [4.69, 9.17) is 19.3 Å². The summed E-state index contributed by atoms with van der Waals surface area (Å²) in [6.45, 7) is -0.248. The highest BCUT2D eigenvalue weighted by atomic mass is 16.7. The summed E-state index contributed by atoms with van der Waals surface area (Å²) in [7, 11) is 0. The minimum absolute atomic E-state index is 0.0491. The van der Waals surface area contributed by atoms with E-state index in [1.807, 2.05) is 0 Å². The molecule has 0 unspecified atom stereocenters. The summed E-state index contributed by atoms with van der Waals surface area (Å²) in [5.41, 5.74) is 0.638. The van der Waals surface area contributed by atoms with Crippen LogP contribution >= 0.6 is 0 Å². The fraction of sp³-hybridized carbons (Fsp3) is 0.125. The van der Waals surface area contributed by atoms with Crippen LogP contribution in [0.1, 0.15) is 20.7 Å². The van der Waals surface area contributed by atoms with E-state index in [-0.39, 0.29) is 30.5 Å². The van der Waals surface area contributed by atoms with E-state index in [2.05, 4.69) is 0 Å². The third-order valence-electron chi connectivity index (χ3n) is 3.13. The highest BCUT2D eigenvalue weighted by Gasteiger charge is 2.17. The number of hydrogen-bond acceptors (Lipinski definition) is 6. The van der Waals surface area contributed by atoms with Gasteiger partial charge in [0.25, 0.3) is 0 Å². The van der Waals surface area contributed by atoms with Crippen molar-refractivity contribution in [3.63, 3.8) is 0 Å². The van der Waals surface area contributed by atoms with Gasteiger partial charge in [-0.1, -0.05) is 0 Å². The fourth-order valence-corrected chi connectivity index (χ4v) is 1.97. The zero-order valence-corrected chi connectivity index (χ0v) is 11.4. The van der Waals surface area contributed by atoms with Crippen LogP contribution in [0.3, 0.4) is 0 Å². The molecule has 112 valence electrons. The van der Waals surface area contributed by atoms with Crippen LogP contribution in [0.15, 0.2) is 42.5 Å². The van der Waals surface area contributed by atoms with E-state index in [1.54, 1.807) is 18.2 Å². The van der Waals surface area contributed by atoms with E-state index in [9.17, 15) is 9.59 Å². The van der Waals surface area contributed by atoms with Gasteiger partial charge in [0.2, 0.25) is 6.79 Å². The van der Waals surface area contributed by atoms with Crippen molar-refractivity contribution in [3.05, 3.63) is 53.6 Å². The fourth-order valence-electron chi connectivity index (χ4n) is 1.97. The first kappa shape index (κ1) is 13.9. The summed E-state index contributed by atoms with van der Waals surface area (Å²) in [4.78, 5) is 23.8. The average Bonchev–Trinajstić information content (AvgIpc) is 3.00. The summed E-state index contributed by atoms with van der Waals surface area (Å²) < 4.78 is 15.3. The molecule has 0 aromatic heterocycles. The molecule has 1 heterocycles. The van der Waals surface area contributed by atoms with Crippen LogP contribution in [0.25, 0.3) is 0 Å². The molecule has 0 radical (unpaired) electrons. The molecule has 0 spiro atoms. The van der Waals surface area contributed by atoms with Crippen molar-refractivity contribution < 1.29 is 28.9 Å². The molecule has 1 aliphatic rings. The Morgan fingerprint density at radius 2 is 1.68 bits per heavy atom. The van der Waals surface area contributed by atoms with Gasteiger partial charge in [-0.25, -0.2) is 4.79 Å². The zero-order valence-electron chi connectivity index (χ0n) is 11.4. The van der Waals surface area contributed by atoms with Crippen molar-refractivity contribution in [1.29, 1.82) is 0 Å². The summed E-state index contributed by atoms with van der Waals surface area (Å²) in [5.74, 6) is 0.154. The molecule has 2 aromatic carbocycles. The van der Waals surface area contributed by atoms with Crippen molar-refractivity contribution in [2.45, 2.75) is 0 Å². The SMILES string of the molecule is O=C(COC(=O)c1ccc(O)cc1)c1ccc2c(c1)OCO2. The number of phenols is 1. The topological polar surface area (TPSA) is 82.1 Å². The lowest BCUT2D eigenvalue weighted by atomic mass is 10.1. The molecule has 0 saturated carbocycles. The standard InChI is InChI=1S/C16H12O6/c17-12-4-1-10(2-5-12)16(19)20-8-13(18)11-3-6-14-15(7-11)22-9-21-14/h1-7,17H,8-9H2. The van der Waals surface area contributed by atoms with Gasteiger partial charge >= 0.3 is 5.97 Å². The zero-order chi connectivity index (χ0) is 15.5. The van der Waals surface area contributed by atoms with Crippen LogP contribution in [-0.4, -0.2) is 30.3 Å². The lowest BCUT2D eigenvalue weighted by Crippen LogP contribution is -2.14. The van der Waals surface area contributed by atoms with E-state index in [0.29, 0.717) is 17.1 Å². The number of ether oxygens (including phenoxy) is 3. The third-order valence-corrected chi connectivity index (χ3v) is 3.13. The van der Waals surface area contributed by atoms with Crippen LogP contribution < -0.4 is 9.47 Å². The van der Waals surface area contributed by atoms with Gasteiger partial charge < -0.3 is 19.3 Å². The number of carbonyl (C=O) groups excluding carboxylic acids is 2. The second-order valence-electron chi connectivity index (χ2n) is 4.61. The van der Waals surface area contributed by atoms with Crippen molar-refractivity contribution in [1.82, 2.24) is 0 Å². The molecule has 0 amide bonds. The predicted molar refractivity (Wildman–Crippen MR) is 75.3 cm³/mol. The second kappa shape index (κ2) is 5.77. The molecular formula is C16H12O6. The Kier molecular flexibility index (Phi) is 3.65. The first-order valence-corrected chi connectivity index (χ1v) is 6.52. The summed E-state index contributed by atoms with van der Waals surface area (Å²) in [6.07, 6.45) is 0. The molecule has 6 nitrogen and oxygen atoms in total. The van der Waals surface area contributed by atoms with Crippen molar-refractivity contribution in [3.8, 4) is 17.2 Å². The average molecular weight is 300 g/mol. The molecular weight excluding hydrogens is 288 g/mol. The second-order valence-corrected chi connectivity index (χ2v) is 4.61. The van der Waals surface area contributed by atoms with Crippen LogP contribution in [0.4, 0.5) is 0 Å². The highest BCUT2D eigenvalue weighted by molar-refractivity contribution is 5.99. The minimum Gasteiger partial charge on any atom is -0.508 e. The van der Waals surface area contributed by atoms with E-state index in [0.717, 1.165) is 0 Å². The maximum atomic E-state index is 12.0. The van der Waals surface area contributed by atoms with Gasteiger partial charge in [0, 0.05) is 5.56 Å². The van der Waals surface area contributed by atoms with Crippen LogP contribution in [0, 0.1) is 0 Å². The van der Waals surface area contributed by atoms with E-state index in [1.165, 1.54) is 24.3 Å². The van der Waals surface area contributed by atoms with E-state index < -0.39 is 5.97 Å². The minimum atomic E-state index is -0.630. The molecule has 0 aliphatic carbocycles. The number of phenolic OH excluding ortho intramolecular Hbond substituents is 1. The largest absolute Gasteiger partial charge is 0.508 e. The molecule has 1 aliphatic heterocycles. The summed E-state index contributed by atoms with van der Waals surface area (Å²) in [5, 5.41) is 9.15. The highest BCUT2D eigenvalue weighted by Crippen LogP contribution is 2.32. The van der Waals surface area contributed by atoms with Gasteiger partial charge in [-0.3, -0.25) is 4.79 Å². The number of benzene rings is 2. The van der Waals surface area contributed by atoms with Gasteiger partial charge in [-0.15, -0.1) is 0 Å². The normalized spacial score (nSPS) is 12.0. The van der Waals surface area contributed by atoms with Crippen molar-refractivity contribution in [2.75, 3.05) is 13.4 Å². The molecule has 2 aromatic rings. The third kappa shape index (κ3) is 2.85. The van der Waals surface area contributed by atoms with Crippen molar-refractivity contribution >= 4 is 11.8 Å². The number of ketones is 1. The molecule has 0 bridgehead atoms. The summed E-state index contributed by atoms with van der Waals surface area (Å²) >= 11 is 0. The number of hydrogen-bond donors (Lipinski definition) is 1. The Balaban J connectivity index is 1.62. The molecule has 0 atom stereocenters. The van der Waals surface area contributed by atoms with E-state index >= 15 is 0 Å². The van der Waals surface area contributed by atoms with Crippen molar-refractivity contribution in [2.24, 2.45) is 0 Å². The Morgan fingerprint density at radius 3 is 2.45 bits per heavy atom. The molecule has 6 heteroatoms. The number of aromatic hydroxyl groups is 1. The first-order chi connectivity index (χ1) is 10.6. The predicted octanol–water partition coefficient (Wildman–Crippen LogP) is 2.16. The Morgan fingerprint density at radius 1 is 1.00 bits per heavy atom. The van der Waals surface area contributed by atoms with Gasteiger partial charge in [0.1, 0.15) is 5.75 Å². The Bertz CT molecular complexity index is 720. The smallest absolute Gasteiger partial charge is 0.338 e. The lowest BCUT2D eigenvalue weighted by molar-refractivity contribution is 0.0474. The van der Waals surface area contributed by atoms with Gasteiger partial charge in [0.05, 0.1) is 5.56 Å². The number of rotatable bonds is 4. The number of carbonyl (C=O) groups is 2. The molecule has 0 saturated heterocycles. The quantitative estimate of drug-likeness (QED) is 0.688. The van der Waals surface area contributed by atoms with Crippen LogP contribution in [0.2, 0.25) is 0 Å².